The van der Waals surface area contributed by atoms with Crippen molar-refractivity contribution in [3.05, 3.63) is 30.5 Å². The maximum atomic E-state index is 5.99. The average Bonchev–Trinajstić information content (AvgIpc) is 2.87. The summed E-state index contributed by atoms with van der Waals surface area (Å²) in [5.41, 5.74) is 7.79. The minimum absolute atomic E-state index is 0.367. The lowest BCUT2D eigenvalue weighted by Crippen LogP contribution is -2.21. The minimum atomic E-state index is 0.367. The first kappa shape index (κ1) is 12.4. The zero-order valence-corrected chi connectivity index (χ0v) is 11.5. The first-order valence-electron chi connectivity index (χ1n) is 6.46. The van der Waals surface area contributed by atoms with Crippen LogP contribution in [0.4, 0.5) is 5.82 Å². The molecule has 0 aliphatic carbocycles. The van der Waals surface area contributed by atoms with E-state index in [4.69, 9.17) is 10.5 Å². The predicted octanol–water partition coefficient (Wildman–Crippen LogP) is 2.93. The zero-order valence-electron chi connectivity index (χ0n) is 10.6. The Balaban J connectivity index is 1.70. The van der Waals surface area contributed by atoms with Crippen molar-refractivity contribution in [2.24, 2.45) is 0 Å². The van der Waals surface area contributed by atoms with Crippen LogP contribution in [0.1, 0.15) is 12.8 Å². The maximum Gasteiger partial charge on any atom is 0.126 e. The van der Waals surface area contributed by atoms with Crippen molar-refractivity contribution >= 4 is 17.6 Å². The van der Waals surface area contributed by atoms with Crippen molar-refractivity contribution in [1.29, 1.82) is 0 Å². The van der Waals surface area contributed by atoms with E-state index in [1.807, 2.05) is 36.0 Å². The Labute approximate surface area is 116 Å². The van der Waals surface area contributed by atoms with Gasteiger partial charge in [-0.1, -0.05) is 12.1 Å². The quantitative estimate of drug-likeness (QED) is 0.904. The number of hydrogen-bond donors (Lipinski definition) is 2. The number of thioether (sulfide) groups is 1. The van der Waals surface area contributed by atoms with Gasteiger partial charge in [-0.3, -0.25) is 5.10 Å². The van der Waals surface area contributed by atoms with E-state index in [0.717, 1.165) is 29.7 Å². The molecule has 0 atom stereocenters. The van der Waals surface area contributed by atoms with Crippen LogP contribution in [0.5, 0.6) is 5.75 Å². The summed E-state index contributed by atoms with van der Waals surface area (Å²) in [7, 11) is 0. The summed E-state index contributed by atoms with van der Waals surface area (Å²) >= 11 is 2.01. The number of nitrogens with one attached hydrogen (secondary N) is 1. The molecule has 4 nitrogen and oxygen atoms in total. The van der Waals surface area contributed by atoms with Crippen LogP contribution in [0.3, 0.4) is 0 Å². The zero-order chi connectivity index (χ0) is 13.1. The Bertz CT molecular complexity index is 532. The van der Waals surface area contributed by atoms with Crippen LogP contribution >= 0.6 is 11.8 Å². The number of hydrogen-bond acceptors (Lipinski definition) is 4. The summed E-state index contributed by atoms with van der Waals surface area (Å²) in [5.74, 6) is 3.93. The molecule has 1 aliphatic rings. The van der Waals surface area contributed by atoms with Crippen molar-refractivity contribution in [2.75, 3.05) is 17.2 Å². The summed E-state index contributed by atoms with van der Waals surface area (Å²) in [6.45, 7) is 0. The van der Waals surface area contributed by atoms with Crippen molar-refractivity contribution in [1.82, 2.24) is 10.2 Å². The highest BCUT2D eigenvalue weighted by Crippen LogP contribution is 2.27. The van der Waals surface area contributed by atoms with Gasteiger partial charge in [0.15, 0.2) is 0 Å². The number of aromatic nitrogens is 2. The van der Waals surface area contributed by atoms with Gasteiger partial charge in [-0.2, -0.15) is 16.9 Å². The largest absolute Gasteiger partial charge is 0.490 e. The molecule has 1 aliphatic heterocycles. The number of rotatable bonds is 3. The molecule has 1 aromatic carbocycles. The van der Waals surface area contributed by atoms with Gasteiger partial charge < -0.3 is 10.5 Å². The maximum absolute atomic E-state index is 5.99. The lowest BCUT2D eigenvalue weighted by Gasteiger charge is -2.22. The fraction of sp³-hybridized carbons (Fsp3) is 0.357. The molecule has 1 fully saturated rings. The molecule has 19 heavy (non-hydrogen) atoms. The average molecular weight is 275 g/mol. The second-order valence-electron chi connectivity index (χ2n) is 4.65. The SMILES string of the molecule is Nc1[nH]ncc1-c1ccc(OC2CCSCC2)cc1. The van der Waals surface area contributed by atoms with Crippen LogP contribution < -0.4 is 10.5 Å². The molecule has 5 heteroatoms. The first-order chi connectivity index (χ1) is 9.33. The second kappa shape index (κ2) is 5.57. The number of benzene rings is 1. The molecule has 2 heterocycles. The predicted molar refractivity (Wildman–Crippen MR) is 79.4 cm³/mol. The number of aromatic amines is 1. The molecule has 0 unspecified atom stereocenters. The third kappa shape index (κ3) is 2.87. The summed E-state index contributed by atoms with van der Waals surface area (Å²) in [6.07, 6.45) is 4.39. The van der Waals surface area contributed by atoms with E-state index >= 15 is 0 Å². The number of nitrogens with two attached hydrogens (primary N) is 1. The van der Waals surface area contributed by atoms with Crippen molar-refractivity contribution < 1.29 is 4.74 Å². The molecule has 0 radical (unpaired) electrons. The molecule has 0 saturated carbocycles. The molecule has 100 valence electrons. The van der Waals surface area contributed by atoms with Crippen LogP contribution in [0.25, 0.3) is 11.1 Å². The molecule has 1 saturated heterocycles. The molecular weight excluding hydrogens is 258 g/mol. The molecule has 0 bridgehead atoms. The van der Waals surface area contributed by atoms with Crippen LogP contribution in [0, 0.1) is 0 Å². The minimum Gasteiger partial charge on any atom is -0.490 e. The van der Waals surface area contributed by atoms with Gasteiger partial charge in [-0.15, -0.1) is 0 Å². The van der Waals surface area contributed by atoms with Crippen molar-refractivity contribution in [3.63, 3.8) is 0 Å². The van der Waals surface area contributed by atoms with Crippen molar-refractivity contribution in [2.45, 2.75) is 18.9 Å². The summed E-state index contributed by atoms with van der Waals surface area (Å²) in [4.78, 5) is 0. The monoisotopic (exact) mass is 275 g/mol. The Kier molecular flexibility index (Phi) is 3.64. The van der Waals surface area contributed by atoms with Crippen LogP contribution in [0.2, 0.25) is 0 Å². The van der Waals surface area contributed by atoms with E-state index < -0.39 is 0 Å². The number of nitrogens with zero attached hydrogens (tertiary/aromatic N) is 1. The highest BCUT2D eigenvalue weighted by atomic mass is 32.2. The standard InChI is InChI=1S/C14H17N3OS/c15-14-13(9-16-17-14)10-1-3-11(4-2-10)18-12-5-7-19-8-6-12/h1-4,9,12H,5-8H2,(H3,15,16,17). The molecule has 3 N–H and O–H groups in total. The summed E-state index contributed by atoms with van der Waals surface area (Å²) in [6, 6.07) is 8.05. The Morgan fingerprint density at radius 1 is 1.21 bits per heavy atom. The fourth-order valence-electron chi connectivity index (χ4n) is 2.23. The summed E-state index contributed by atoms with van der Waals surface area (Å²) < 4.78 is 5.99. The number of anilines is 1. The molecule has 3 rings (SSSR count). The Morgan fingerprint density at radius 2 is 1.95 bits per heavy atom. The van der Waals surface area contributed by atoms with E-state index in [0.29, 0.717) is 11.9 Å². The van der Waals surface area contributed by atoms with Gasteiger partial charge in [0.1, 0.15) is 17.7 Å². The highest BCUT2D eigenvalue weighted by molar-refractivity contribution is 7.99. The van der Waals surface area contributed by atoms with E-state index in [2.05, 4.69) is 10.2 Å². The van der Waals surface area contributed by atoms with Gasteiger partial charge in [0.2, 0.25) is 0 Å². The first-order valence-corrected chi connectivity index (χ1v) is 7.62. The van der Waals surface area contributed by atoms with Gasteiger partial charge >= 0.3 is 0 Å². The summed E-state index contributed by atoms with van der Waals surface area (Å²) in [5, 5.41) is 6.67. The molecular formula is C14H17N3OS. The lowest BCUT2D eigenvalue weighted by molar-refractivity contribution is 0.192. The molecule has 1 aromatic heterocycles. The second-order valence-corrected chi connectivity index (χ2v) is 5.88. The smallest absolute Gasteiger partial charge is 0.126 e. The number of H-pyrrole nitrogens is 1. The van der Waals surface area contributed by atoms with E-state index in [9.17, 15) is 0 Å². The van der Waals surface area contributed by atoms with Crippen molar-refractivity contribution in [3.8, 4) is 16.9 Å². The van der Waals surface area contributed by atoms with Crippen LogP contribution in [-0.2, 0) is 0 Å². The van der Waals surface area contributed by atoms with Gasteiger partial charge in [0, 0.05) is 5.56 Å². The van der Waals surface area contributed by atoms with E-state index in [1.165, 1.54) is 11.5 Å². The van der Waals surface area contributed by atoms with Crippen LogP contribution in [-0.4, -0.2) is 27.8 Å². The van der Waals surface area contributed by atoms with Gasteiger partial charge in [-0.05, 0) is 42.0 Å². The highest BCUT2D eigenvalue weighted by Gasteiger charge is 2.15. The Morgan fingerprint density at radius 3 is 2.58 bits per heavy atom. The molecule has 0 amide bonds. The van der Waals surface area contributed by atoms with Gasteiger partial charge in [0.25, 0.3) is 0 Å². The topological polar surface area (TPSA) is 63.9 Å². The fourth-order valence-corrected chi connectivity index (χ4v) is 3.29. The third-order valence-corrected chi connectivity index (χ3v) is 4.35. The normalized spacial score (nSPS) is 16.4. The lowest BCUT2D eigenvalue weighted by atomic mass is 10.1. The van der Waals surface area contributed by atoms with Crippen LogP contribution in [0.15, 0.2) is 30.5 Å². The molecule has 2 aromatic rings. The van der Waals surface area contributed by atoms with Gasteiger partial charge in [-0.25, -0.2) is 0 Å². The van der Waals surface area contributed by atoms with E-state index in [1.54, 1.807) is 6.20 Å². The number of nitrogen functional groups attached to an aromatic ring is 1. The van der Waals surface area contributed by atoms with Gasteiger partial charge in [0.05, 0.1) is 6.20 Å². The van der Waals surface area contributed by atoms with E-state index in [-0.39, 0.29) is 0 Å². The molecule has 0 spiro atoms. The number of ether oxygens (including phenoxy) is 1. The third-order valence-electron chi connectivity index (χ3n) is 3.31. The Hall–Kier alpha value is -1.62.